The predicted octanol–water partition coefficient (Wildman–Crippen LogP) is 3.64. The molecule has 0 fully saturated rings. The van der Waals surface area contributed by atoms with E-state index in [1.54, 1.807) is 30.3 Å². The molecule has 0 atom stereocenters. The summed E-state index contributed by atoms with van der Waals surface area (Å²) in [6.45, 7) is 0. The molecular formula is C19H15N3O3S. The van der Waals surface area contributed by atoms with Gasteiger partial charge in [0.15, 0.2) is 0 Å². The number of methoxy groups -OCH3 is 1. The first-order chi connectivity index (χ1) is 12.7. The second-order valence-electron chi connectivity index (χ2n) is 5.21. The predicted molar refractivity (Wildman–Crippen MR) is 101 cm³/mol. The number of hydrogen-bond acceptors (Lipinski definition) is 6. The lowest BCUT2D eigenvalue weighted by molar-refractivity contribution is -0.111. The van der Waals surface area contributed by atoms with Crippen molar-refractivity contribution in [1.29, 1.82) is 0 Å². The molecule has 0 saturated carbocycles. The van der Waals surface area contributed by atoms with E-state index in [0.717, 1.165) is 16.1 Å². The summed E-state index contributed by atoms with van der Waals surface area (Å²) in [5, 5.41) is 11.9. The van der Waals surface area contributed by atoms with Crippen LogP contribution in [0.15, 0.2) is 60.7 Å². The zero-order chi connectivity index (χ0) is 18.4. The Bertz CT molecular complexity index is 934. The van der Waals surface area contributed by atoms with Crippen molar-refractivity contribution in [3.05, 3.63) is 71.8 Å². The van der Waals surface area contributed by atoms with Crippen molar-refractivity contribution in [2.24, 2.45) is 0 Å². The van der Waals surface area contributed by atoms with Crippen LogP contribution in [0.1, 0.15) is 15.9 Å². The van der Waals surface area contributed by atoms with Crippen molar-refractivity contribution in [2.45, 2.75) is 0 Å². The monoisotopic (exact) mass is 365 g/mol. The highest BCUT2D eigenvalue weighted by Gasteiger charge is 2.08. The molecule has 1 heterocycles. The smallest absolute Gasteiger partial charge is 0.337 e. The maximum absolute atomic E-state index is 12.0. The van der Waals surface area contributed by atoms with Crippen LogP contribution in [0.3, 0.4) is 0 Å². The van der Waals surface area contributed by atoms with Crippen LogP contribution in [0.25, 0.3) is 16.6 Å². The fraction of sp³-hybridized carbons (Fsp3) is 0.0526. The molecule has 3 rings (SSSR count). The van der Waals surface area contributed by atoms with Gasteiger partial charge in [0.2, 0.25) is 11.0 Å². The van der Waals surface area contributed by atoms with Gasteiger partial charge in [0.1, 0.15) is 5.01 Å². The van der Waals surface area contributed by atoms with E-state index in [-0.39, 0.29) is 5.91 Å². The van der Waals surface area contributed by atoms with E-state index < -0.39 is 5.97 Å². The first kappa shape index (κ1) is 17.5. The highest BCUT2D eigenvalue weighted by molar-refractivity contribution is 7.18. The van der Waals surface area contributed by atoms with Gasteiger partial charge in [-0.3, -0.25) is 10.1 Å². The summed E-state index contributed by atoms with van der Waals surface area (Å²) in [5.41, 5.74) is 2.19. The van der Waals surface area contributed by atoms with Gasteiger partial charge < -0.3 is 4.74 Å². The molecular weight excluding hydrogens is 350 g/mol. The standard InChI is InChI=1S/C19H15N3O3S/c1-25-18(24)15-10-7-13(8-11-15)9-12-16(23)20-19-22-21-17(26-19)14-5-3-2-4-6-14/h2-12H,1H3,(H,20,22,23)/b12-9+. The van der Waals surface area contributed by atoms with E-state index >= 15 is 0 Å². The van der Waals surface area contributed by atoms with E-state index in [9.17, 15) is 9.59 Å². The van der Waals surface area contributed by atoms with Crippen molar-refractivity contribution < 1.29 is 14.3 Å². The molecule has 7 heteroatoms. The zero-order valence-electron chi connectivity index (χ0n) is 13.9. The number of ether oxygens (including phenoxy) is 1. The van der Waals surface area contributed by atoms with Crippen LogP contribution < -0.4 is 5.32 Å². The van der Waals surface area contributed by atoms with Gasteiger partial charge in [0, 0.05) is 11.6 Å². The Morgan fingerprint density at radius 1 is 1.04 bits per heavy atom. The molecule has 1 amide bonds. The highest BCUT2D eigenvalue weighted by Crippen LogP contribution is 2.25. The molecule has 0 bridgehead atoms. The molecule has 2 aromatic carbocycles. The highest BCUT2D eigenvalue weighted by atomic mass is 32.1. The van der Waals surface area contributed by atoms with Crippen molar-refractivity contribution >= 4 is 34.4 Å². The Labute approximate surface area is 154 Å². The third kappa shape index (κ3) is 4.40. The summed E-state index contributed by atoms with van der Waals surface area (Å²) in [6.07, 6.45) is 3.05. The lowest BCUT2D eigenvalue weighted by Crippen LogP contribution is -2.07. The molecule has 26 heavy (non-hydrogen) atoms. The van der Waals surface area contributed by atoms with Crippen LogP contribution in [-0.4, -0.2) is 29.2 Å². The number of anilines is 1. The summed E-state index contributed by atoms with van der Waals surface area (Å²) in [4.78, 5) is 23.4. The number of rotatable bonds is 5. The van der Waals surface area contributed by atoms with Gasteiger partial charge in [-0.25, -0.2) is 4.79 Å². The minimum atomic E-state index is -0.399. The Morgan fingerprint density at radius 2 is 1.77 bits per heavy atom. The molecule has 6 nitrogen and oxygen atoms in total. The number of hydrogen-bond donors (Lipinski definition) is 1. The molecule has 1 N–H and O–H groups in total. The molecule has 0 aliphatic heterocycles. The molecule has 0 unspecified atom stereocenters. The minimum Gasteiger partial charge on any atom is -0.465 e. The molecule has 0 saturated heterocycles. The molecule has 1 aromatic heterocycles. The molecule has 3 aromatic rings. The fourth-order valence-electron chi connectivity index (χ4n) is 2.14. The lowest BCUT2D eigenvalue weighted by Gasteiger charge is -1.99. The fourth-order valence-corrected chi connectivity index (χ4v) is 2.89. The molecule has 0 aliphatic rings. The number of benzene rings is 2. The first-order valence-electron chi connectivity index (χ1n) is 7.72. The van der Waals surface area contributed by atoms with Gasteiger partial charge in [0.05, 0.1) is 12.7 Å². The van der Waals surface area contributed by atoms with E-state index in [1.165, 1.54) is 24.5 Å². The van der Waals surface area contributed by atoms with Gasteiger partial charge in [-0.15, -0.1) is 10.2 Å². The van der Waals surface area contributed by atoms with E-state index in [4.69, 9.17) is 0 Å². The van der Waals surface area contributed by atoms with Crippen LogP contribution >= 0.6 is 11.3 Å². The summed E-state index contributed by atoms with van der Waals surface area (Å²) in [5.74, 6) is -0.707. The van der Waals surface area contributed by atoms with Crippen molar-refractivity contribution in [3.8, 4) is 10.6 Å². The SMILES string of the molecule is COC(=O)c1ccc(/C=C/C(=O)Nc2nnc(-c3ccccc3)s2)cc1. The number of nitrogens with zero attached hydrogens (tertiary/aromatic N) is 2. The lowest BCUT2D eigenvalue weighted by atomic mass is 10.1. The molecule has 0 radical (unpaired) electrons. The Hall–Kier alpha value is -3.32. The van der Waals surface area contributed by atoms with Crippen LogP contribution in [0.4, 0.5) is 5.13 Å². The van der Waals surface area contributed by atoms with Crippen LogP contribution in [-0.2, 0) is 9.53 Å². The molecule has 0 aliphatic carbocycles. The molecule has 130 valence electrons. The summed E-state index contributed by atoms with van der Waals surface area (Å²) < 4.78 is 4.64. The number of aromatic nitrogens is 2. The quantitative estimate of drug-likeness (QED) is 0.551. The average molecular weight is 365 g/mol. The minimum absolute atomic E-state index is 0.308. The van der Waals surface area contributed by atoms with Gasteiger partial charge >= 0.3 is 5.97 Å². The third-order valence-corrected chi connectivity index (χ3v) is 4.32. The van der Waals surface area contributed by atoms with E-state index in [0.29, 0.717) is 10.7 Å². The average Bonchev–Trinajstić information content (AvgIpc) is 3.15. The Morgan fingerprint density at radius 3 is 2.46 bits per heavy atom. The third-order valence-electron chi connectivity index (χ3n) is 3.43. The zero-order valence-corrected chi connectivity index (χ0v) is 14.7. The summed E-state index contributed by atoms with van der Waals surface area (Å²) in [7, 11) is 1.33. The topological polar surface area (TPSA) is 81.2 Å². The van der Waals surface area contributed by atoms with Crippen molar-refractivity contribution in [1.82, 2.24) is 10.2 Å². The van der Waals surface area contributed by atoms with Crippen LogP contribution in [0.5, 0.6) is 0 Å². The van der Waals surface area contributed by atoms with Gasteiger partial charge in [-0.2, -0.15) is 0 Å². The largest absolute Gasteiger partial charge is 0.465 e. The number of amides is 1. The van der Waals surface area contributed by atoms with Gasteiger partial charge in [-0.05, 0) is 23.8 Å². The summed E-state index contributed by atoms with van der Waals surface area (Å²) >= 11 is 1.30. The maximum atomic E-state index is 12.0. The second-order valence-corrected chi connectivity index (χ2v) is 6.19. The Balaban J connectivity index is 1.61. The first-order valence-corrected chi connectivity index (χ1v) is 8.54. The van der Waals surface area contributed by atoms with Crippen molar-refractivity contribution in [2.75, 3.05) is 12.4 Å². The maximum Gasteiger partial charge on any atom is 0.337 e. The van der Waals surface area contributed by atoms with Gasteiger partial charge in [-0.1, -0.05) is 53.8 Å². The molecule has 0 spiro atoms. The number of esters is 1. The number of carbonyl (C=O) groups is 2. The Kier molecular flexibility index (Phi) is 5.50. The van der Waals surface area contributed by atoms with Crippen LogP contribution in [0.2, 0.25) is 0 Å². The van der Waals surface area contributed by atoms with Crippen molar-refractivity contribution in [3.63, 3.8) is 0 Å². The summed E-state index contributed by atoms with van der Waals surface area (Å²) in [6, 6.07) is 16.4. The number of nitrogens with one attached hydrogen (secondary N) is 1. The van der Waals surface area contributed by atoms with Crippen LogP contribution in [0, 0.1) is 0 Å². The van der Waals surface area contributed by atoms with Gasteiger partial charge in [0.25, 0.3) is 0 Å². The number of carbonyl (C=O) groups excluding carboxylic acids is 2. The van der Waals surface area contributed by atoms with E-state index in [1.807, 2.05) is 30.3 Å². The normalized spacial score (nSPS) is 10.7. The van der Waals surface area contributed by atoms with E-state index in [2.05, 4.69) is 20.3 Å². The second kappa shape index (κ2) is 8.17.